The van der Waals surface area contributed by atoms with Gasteiger partial charge in [-0.3, -0.25) is 9.69 Å². The van der Waals surface area contributed by atoms with Gasteiger partial charge in [0.2, 0.25) is 0 Å². The summed E-state index contributed by atoms with van der Waals surface area (Å²) in [7, 11) is 7.03. The van der Waals surface area contributed by atoms with Crippen LogP contribution in [0.2, 0.25) is 5.02 Å². The minimum atomic E-state index is -1.96. The van der Waals surface area contributed by atoms with Crippen molar-refractivity contribution in [2.45, 2.75) is 198 Å². The Bertz CT molecular complexity index is 2160. The van der Waals surface area contributed by atoms with Gasteiger partial charge in [-0.15, -0.1) is 0 Å². The standard InChI is InChI=1S/C55H86ClFN4O14/c1-15-42-55(10,67)47(74-51(64)58-25-24-38-18-16-17-19-40(38)56)35(6)61(13)30-31(2)27-53(8,66)46(73-50-44(62)41(60(11)12)26-32(3)69-50)33(4)45(34(5)49(63)71-42)72-43-28-54(9,68-14)48(36(7)70-43)75-52(65)59-29-37-20-22-39(57)23-21-37/h16-23,31-36,41-48,50,62,66-67H,15,24-30H2,1-14H3,(H,58,64)(H,59,65)/t31-,32-,33+,34-,35-,36+,41+,42-,43+,44-,45+,46-,47-,48+,50+,53-,54-,55-/m1/s1. The minimum Gasteiger partial charge on any atom is -0.459 e. The van der Waals surface area contributed by atoms with E-state index in [1.807, 2.05) is 69.9 Å². The van der Waals surface area contributed by atoms with Gasteiger partial charge in [-0.2, -0.15) is 0 Å². The van der Waals surface area contributed by atoms with Gasteiger partial charge in [-0.25, -0.2) is 14.0 Å². The maximum atomic E-state index is 14.9. The number of hydrogen-bond donors (Lipinski definition) is 5. The average Bonchev–Trinajstić information content (AvgIpc) is 3.34. The van der Waals surface area contributed by atoms with Crippen molar-refractivity contribution in [3.05, 3.63) is 70.5 Å². The summed E-state index contributed by atoms with van der Waals surface area (Å²) in [6.45, 7) is 18.0. The summed E-state index contributed by atoms with van der Waals surface area (Å²) in [4.78, 5) is 45.7. The van der Waals surface area contributed by atoms with E-state index in [-0.39, 0.29) is 50.4 Å². The molecule has 3 fully saturated rings. The van der Waals surface area contributed by atoms with Crippen LogP contribution in [0, 0.1) is 23.6 Å². The van der Waals surface area contributed by atoms with Crippen molar-refractivity contribution < 1.29 is 72.0 Å². The van der Waals surface area contributed by atoms with Crippen LogP contribution in [0.15, 0.2) is 48.5 Å². The van der Waals surface area contributed by atoms with Crippen molar-refractivity contribution in [3.8, 4) is 0 Å². The van der Waals surface area contributed by atoms with Crippen LogP contribution in [0.4, 0.5) is 14.0 Å². The van der Waals surface area contributed by atoms with E-state index < -0.39 is 114 Å². The summed E-state index contributed by atoms with van der Waals surface area (Å²) in [5.41, 5.74) is -3.37. The van der Waals surface area contributed by atoms with Gasteiger partial charge < -0.3 is 68.7 Å². The van der Waals surface area contributed by atoms with Gasteiger partial charge in [0, 0.05) is 56.2 Å². The Morgan fingerprint density at radius 2 is 1.55 bits per heavy atom. The smallest absolute Gasteiger partial charge is 0.407 e. The van der Waals surface area contributed by atoms with E-state index >= 15 is 0 Å². The summed E-state index contributed by atoms with van der Waals surface area (Å²) >= 11 is 6.38. The van der Waals surface area contributed by atoms with Crippen molar-refractivity contribution in [3.63, 3.8) is 0 Å². The highest BCUT2D eigenvalue weighted by atomic mass is 35.5. The molecule has 3 aliphatic heterocycles. The number of hydrogen-bond acceptors (Lipinski definition) is 16. The third kappa shape index (κ3) is 16.0. The number of carbonyl (C=O) groups excluding carboxylic acids is 3. The van der Waals surface area contributed by atoms with Gasteiger partial charge in [-0.1, -0.05) is 62.7 Å². The Labute approximate surface area is 448 Å². The Balaban J connectivity index is 1.51. The highest BCUT2D eigenvalue weighted by molar-refractivity contribution is 6.31. The molecule has 75 heavy (non-hydrogen) atoms. The zero-order valence-electron chi connectivity index (χ0n) is 46.4. The van der Waals surface area contributed by atoms with Gasteiger partial charge >= 0.3 is 18.2 Å². The number of benzene rings is 2. The zero-order chi connectivity index (χ0) is 55.7. The molecule has 0 spiro atoms. The molecule has 424 valence electrons. The molecule has 20 heteroatoms. The number of nitrogens with zero attached hydrogens (tertiary/aromatic N) is 2. The van der Waals surface area contributed by atoms with Crippen molar-refractivity contribution in [2.75, 3.05) is 41.3 Å². The number of ether oxygens (including phenoxy) is 8. The van der Waals surface area contributed by atoms with Gasteiger partial charge in [0.1, 0.15) is 29.2 Å². The fourth-order valence-corrected chi connectivity index (χ4v) is 11.5. The summed E-state index contributed by atoms with van der Waals surface area (Å²) in [6.07, 6.45) is -10.7. The topological polar surface area (TPSA) is 216 Å². The van der Waals surface area contributed by atoms with Crippen LogP contribution in [0.25, 0.3) is 0 Å². The minimum absolute atomic E-state index is 0.00381. The molecule has 5 N–H and O–H groups in total. The number of amides is 2. The fraction of sp³-hybridized carbons (Fsp3) is 0.727. The van der Waals surface area contributed by atoms with E-state index in [9.17, 15) is 34.1 Å². The molecule has 18 nitrogen and oxygen atoms in total. The van der Waals surface area contributed by atoms with Crippen LogP contribution in [0.3, 0.4) is 0 Å². The molecule has 0 aromatic heterocycles. The van der Waals surface area contributed by atoms with E-state index in [4.69, 9.17) is 49.5 Å². The summed E-state index contributed by atoms with van der Waals surface area (Å²) < 4.78 is 64.6. The largest absolute Gasteiger partial charge is 0.459 e. The lowest BCUT2D eigenvalue weighted by Crippen LogP contribution is -2.61. The van der Waals surface area contributed by atoms with Crippen LogP contribution in [0.5, 0.6) is 0 Å². The summed E-state index contributed by atoms with van der Waals surface area (Å²) in [6, 6.07) is 12.0. The molecule has 0 radical (unpaired) electrons. The number of likely N-dealkylation sites (N-methyl/N-ethyl adjacent to an activating group) is 2. The van der Waals surface area contributed by atoms with Gasteiger partial charge in [-0.05, 0) is 131 Å². The number of nitrogens with one attached hydrogen (secondary N) is 2. The van der Waals surface area contributed by atoms with E-state index in [1.54, 1.807) is 59.7 Å². The molecule has 2 aromatic rings. The number of halogens is 2. The SMILES string of the molecule is CC[C@H]1OC(=O)[C@H](C)[C@@H](O[C@H]2C[C@@](C)(OC)[C@@H](OC(=O)NCc3ccc(F)cc3)[C@H](C)O2)[C@H](C)[C@@H](O[C@@H]2O[C@H](C)C[C@H](N(C)C)[C@H]2O)[C@](C)(O)C[C@@H](C)CN(C)[C@H](C)[C@@H](OC(=O)NCCc2ccccc2Cl)[C@]1(C)O. The van der Waals surface area contributed by atoms with Gasteiger partial charge in [0.05, 0.1) is 35.9 Å². The number of aliphatic hydroxyl groups excluding tert-OH is 1. The second-order valence-corrected chi connectivity index (χ2v) is 22.6. The number of methoxy groups -OCH3 is 1. The fourth-order valence-electron chi connectivity index (χ4n) is 11.2. The van der Waals surface area contributed by atoms with Crippen LogP contribution >= 0.6 is 11.6 Å². The van der Waals surface area contributed by atoms with Crippen molar-refractivity contribution in [1.29, 1.82) is 0 Å². The Kier molecular flexibility index (Phi) is 22.2. The number of carbonyl (C=O) groups is 3. The second kappa shape index (κ2) is 26.8. The van der Waals surface area contributed by atoms with E-state index in [0.29, 0.717) is 30.0 Å². The van der Waals surface area contributed by atoms with Crippen LogP contribution in [0.1, 0.15) is 106 Å². The molecule has 0 saturated carbocycles. The number of aliphatic hydroxyl groups is 3. The predicted molar refractivity (Wildman–Crippen MR) is 279 cm³/mol. The van der Waals surface area contributed by atoms with Gasteiger partial charge in [0.25, 0.3) is 0 Å². The molecule has 0 bridgehead atoms. The van der Waals surface area contributed by atoms with Crippen molar-refractivity contribution in [1.82, 2.24) is 20.4 Å². The highest BCUT2D eigenvalue weighted by Gasteiger charge is 2.54. The molecule has 0 aliphatic carbocycles. The molecule has 3 aliphatic rings. The first-order chi connectivity index (χ1) is 35.1. The lowest BCUT2D eigenvalue weighted by Gasteiger charge is -2.49. The Morgan fingerprint density at radius 3 is 2.17 bits per heavy atom. The lowest BCUT2D eigenvalue weighted by atomic mass is 9.77. The van der Waals surface area contributed by atoms with Crippen molar-refractivity contribution in [2.24, 2.45) is 17.8 Å². The van der Waals surface area contributed by atoms with Crippen LogP contribution < -0.4 is 10.6 Å². The average molecular weight is 1080 g/mol. The lowest BCUT2D eigenvalue weighted by molar-refractivity contribution is -0.317. The summed E-state index contributed by atoms with van der Waals surface area (Å²) in [5, 5.41) is 43.5. The van der Waals surface area contributed by atoms with Gasteiger partial charge in [0.15, 0.2) is 24.8 Å². The van der Waals surface area contributed by atoms with Crippen molar-refractivity contribution >= 4 is 29.8 Å². The van der Waals surface area contributed by atoms with E-state index in [1.165, 1.54) is 26.2 Å². The molecule has 3 saturated heterocycles. The molecule has 3 heterocycles. The number of esters is 1. The molecule has 18 atom stereocenters. The van der Waals surface area contributed by atoms with Crippen LogP contribution in [-0.4, -0.2) is 175 Å². The monoisotopic (exact) mass is 1080 g/mol. The quantitative estimate of drug-likeness (QED) is 0.0995. The van der Waals surface area contributed by atoms with Crippen LogP contribution in [-0.2, 0) is 55.7 Å². The molecular formula is C55H86ClFN4O14. The third-order valence-electron chi connectivity index (χ3n) is 15.6. The predicted octanol–water partition coefficient (Wildman–Crippen LogP) is 6.60. The summed E-state index contributed by atoms with van der Waals surface area (Å²) in [5.74, 6) is -3.50. The maximum Gasteiger partial charge on any atom is 0.407 e. The second-order valence-electron chi connectivity index (χ2n) is 22.2. The number of alkyl carbamates (subject to hydrolysis) is 2. The molecule has 5 rings (SSSR count). The first-order valence-corrected chi connectivity index (χ1v) is 26.7. The zero-order valence-corrected chi connectivity index (χ0v) is 47.2. The first-order valence-electron chi connectivity index (χ1n) is 26.4. The number of rotatable bonds is 14. The third-order valence-corrected chi connectivity index (χ3v) is 15.9. The molecular weight excluding hydrogens is 995 g/mol. The molecule has 0 unspecified atom stereocenters. The highest BCUT2D eigenvalue weighted by Crippen LogP contribution is 2.41. The normalized spacial score (nSPS) is 37.7. The number of cyclic esters (lactones) is 1. The first kappa shape index (κ1) is 62.1. The molecule has 2 aromatic carbocycles. The van der Waals surface area contributed by atoms with E-state index in [0.717, 1.165) is 5.56 Å². The molecule has 2 amide bonds. The maximum absolute atomic E-state index is 14.9. The Hall–Kier alpha value is -3.73. The Morgan fingerprint density at radius 1 is 0.907 bits per heavy atom. The van der Waals surface area contributed by atoms with E-state index in [2.05, 4.69) is 10.6 Å².